The van der Waals surface area contributed by atoms with Gasteiger partial charge in [-0.05, 0) is 29.3 Å². The molecule has 1 atom stereocenters. The van der Waals surface area contributed by atoms with E-state index in [0.29, 0.717) is 0 Å². The Morgan fingerprint density at radius 3 is 2.57 bits per heavy atom. The largest absolute Gasteiger partial charge is 0.396 e. The lowest BCUT2D eigenvalue weighted by Gasteiger charge is -2.28. The van der Waals surface area contributed by atoms with Crippen LogP contribution in [0.2, 0.25) is 0 Å². The molecule has 3 nitrogen and oxygen atoms in total. The quantitative estimate of drug-likeness (QED) is 0.916. The van der Waals surface area contributed by atoms with Crippen LogP contribution in [0.3, 0.4) is 0 Å². The van der Waals surface area contributed by atoms with E-state index < -0.39 is 0 Å². The number of hydrogen-bond acceptors (Lipinski definition) is 3. The van der Waals surface area contributed by atoms with Crippen molar-refractivity contribution in [3.8, 4) is 0 Å². The standard InChI is InChI=1S/C18H23NO2/c20-14-18(7-8-19-9-11-21-12-10-19)17-6-5-15-3-1-2-4-16(15)13-17/h1-6,13,18,20H,7-12,14H2. The highest BCUT2D eigenvalue weighted by atomic mass is 16.5. The number of benzene rings is 2. The average Bonchev–Trinajstić information content (AvgIpc) is 2.56. The number of morpholine rings is 1. The van der Waals surface area contributed by atoms with Gasteiger partial charge in [0.1, 0.15) is 0 Å². The summed E-state index contributed by atoms with van der Waals surface area (Å²) in [6.45, 7) is 4.93. The van der Waals surface area contributed by atoms with Crippen molar-refractivity contribution < 1.29 is 9.84 Å². The first kappa shape index (κ1) is 14.5. The van der Waals surface area contributed by atoms with E-state index in [1.165, 1.54) is 16.3 Å². The van der Waals surface area contributed by atoms with Crippen LogP contribution in [0.15, 0.2) is 42.5 Å². The van der Waals surface area contributed by atoms with Gasteiger partial charge in [0.2, 0.25) is 0 Å². The van der Waals surface area contributed by atoms with Gasteiger partial charge in [0.05, 0.1) is 13.2 Å². The van der Waals surface area contributed by atoms with Crippen LogP contribution in [0.25, 0.3) is 10.8 Å². The molecule has 0 spiro atoms. The first-order valence-corrected chi connectivity index (χ1v) is 7.76. The summed E-state index contributed by atoms with van der Waals surface area (Å²) in [4.78, 5) is 2.42. The van der Waals surface area contributed by atoms with Crippen LogP contribution in [-0.2, 0) is 4.74 Å². The van der Waals surface area contributed by atoms with E-state index in [1.807, 2.05) is 0 Å². The summed E-state index contributed by atoms with van der Waals surface area (Å²) in [6, 6.07) is 14.9. The number of fused-ring (bicyclic) bond motifs is 1. The van der Waals surface area contributed by atoms with Crippen LogP contribution in [-0.4, -0.2) is 49.5 Å². The van der Waals surface area contributed by atoms with Crippen LogP contribution in [0.5, 0.6) is 0 Å². The van der Waals surface area contributed by atoms with Crippen LogP contribution in [0.4, 0.5) is 0 Å². The molecule has 0 aromatic heterocycles. The SMILES string of the molecule is OCC(CCN1CCOCC1)c1ccc2ccccc2c1. The van der Waals surface area contributed by atoms with Gasteiger partial charge in [0.15, 0.2) is 0 Å². The monoisotopic (exact) mass is 285 g/mol. The van der Waals surface area contributed by atoms with Crippen LogP contribution in [0, 0.1) is 0 Å². The lowest BCUT2D eigenvalue weighted by molar-refractivity contribution is 0.0357. The van der Waals surface area contributed by atoms with E-state index in [4.69, 9.17) is 4.74 Å². The molecule has 2 aromatic carbocycles. The number of aliphatic hydroxyl groups is 1. The van der Waals surface area contributed by atoms with E-state index in [2.05, 4.69) is 47.4 Å². The molecule has 0 bridgehead atoms. The van der Waals surface area contributed by atoms with Crippen LogP contribution in [0.1, 0.15) is 17.9 Å². The Morgan fingerprint density at radius 1 is 1.05 bits per heavy atom. The van der Waals surface area contributed by atoms with Crippen molar-refractivity contribution in [2.75, 3.05) is 39.5 Å². The minimum atomic E-state index is 0.211. The molecule has 0 amide bonds. The molecule has 3 heteroatoms. The van der Waals surface area contributed by atoms with Crippen LogP contribution < -0.4 is 0 Å². The second-order valence-corrected chi connectivity index (χ2v) is 5.73. The summed E-state index contributed by atoms with van der Waals surface area (Å²) in [5, 5.41) is 12.2. The van der Waals surface area contributed by atoms with E-state index >= 15 is 0 Å². The second kappa shape index (κ2) is 7.03. The fraction of sp³-hybridized carbons (Fsp3) is 0.444. The summed E-state index contributed by atoms with van der Waals surface area (Å²) < 4.78 is 5.37. The van der Waals surface area contributed by atoms with E-state index in [9.17, 15) is 5.11 Å². The third-order valence-electron chi connectivity index (χ3n) is 4.36. The Morgan fingerprint density at radius 2 is 1.81 bits per heavy atom. The van der Waals surface area contributed by atoms with Crippen molar-refractivity contribution >= 4 is 10.8 Å². The summed E-state index contributed by atoms with van der Waals surface area (Å²) >= 11 is 0. The zero-order valence-corrected chi connectivity index (χ0v) is 12.4. The van der Waals surface area contributed by atoms with Gasteiger partial charge < -0.3 is 9.84 Å². The fourth-order valence-corrected chi connectivity index (χ4v) is 2.99. The van der Waals surface area contributed by atoms with Crippen molar-refractivity contribution in [2.24, 2.45) is 0 Å². The van der Waals surface area contributed by atoms with E-state index in [1.54, 1.807) is 0 Å². The molecule has 21 heavy (non-hydrogen) atoms. The van der Waals surface area contributed by atoms with Crippen molar-refractivity contribution in [3.63, 3.8) is 0 Å². The molecule has 0 radical (unpaired) electrons. The third-order valence-corrected chi connectivity index (χ3v) is 4.36. The average molecular weight is 285 g/mol. The summed E-state index contributed by atoms with van der Waals surface area (Å²) in [6.07, 6.45) is 0.995. The highest BCUT2D eigenvalue weighted by molar-refractivity contribution is 5.83. The molecule has 1 saturated heterocycles. The Hall–Kier alpha value is -1.42. The lowest BCUT2D eigenvalue weighted by atomic mass is 9.94. The summed E-state index contributed by atoms with van der Waals surface area (Å²) in [5.74, 6) is 0.220. The van der Waals surface area contributed by atoms with Crippen molar-refractivity contribution in [2.45, 2.75) is 12.3 Å². The van der Waals surface area contributed by atoms with Crippen LogP contribution >= 0.6 is 0 Å². The Balaban J connectivity index is 1.68. The predicted octanol–water partition coefficient (Wildman–Crippen LogP) is 2.64. The molecule has 3 rings (SSSR count). The molecule has 1 fully saturated rings. The van der Waals surface area contributed by atoms with Gasteiger partial charge in [0.25, 0.3) is 0 Å². The number of hydrogen-bond donors (Lipinski definition) is 1. The van der Waals surface area contributed by atoms with Gasteiger partial charge in [-0.1, -0.05) is 42.5 Å². The zero-order chi connectivity index (χ0) is 14.5. The molecule has 1 unspecified atom stereocenters. The first-order chi connectivity index (χ1) is 10.4. The molecule has 1 heterocycles. The molecule has 112 valence electrons. The Labute approximate surface area is 126 Å². The number of ether oxygens (including phenoxy) is 1. The molecule has 1 aliphatic heterocycles. The second-order valence-electron chi connectivity index (χ2n) is 5.73. The number of nitrogens with zero attached hydrogens (tertiary/aromatic N) is 1. The maximum absolute atomic E-state index is 9.74. The zero-order valence-electron chi connectivity index (χ0n) is 12.4. The normalized spacial score (nSPS) is 18.0. The summed E-state index contributed by atoms with van der Waals surface area (Å²) in [5.41, 5.74) is 1.24. The van der Waals surface area contributed by atoms with Crippen molar-refractivity contribution in [1.82, 2.24) is 4.90 Å². The smallest absolute Gasteiger partial charge is 0.0594 e. The predicted molar refractivity (Wildman–Crippen MR) is 85.7 cm³/mol. The summed E-state index contributed by atoms with van der Waals surface area (Å²) in [7, 11) is 0. The first-order valence-electron chi connectivity index (χ1n) is 7.76. The van der Waals surface area contributed by atoms with E-state index in [-0.39, 0.29) is 12.5 Å². The molecular formula is C18H23NO2. The van der Waals surface area contributed by atoms with Crippen molar-refractivity contribution in [3.05, 3.63) is 48.0 Å². The third kappa shape index (κ3) is 3.62. The maximum Gasteiger partial charge on any atom is 0.0594 e. The minimum absolute atomic E-state index is 0.211. The highest BCUT2D eigenvalue weighted by Crippen LogP contribution is 2.24. The van der Waals surface area contributed by atoms with Gasteiger partial charge in [-0.3, -0.25) is 4.90 Å². The van der Waals surface area contributed by atoms with E-state index in [0.717, 1.165) is 39.3 Å². The molecule has 1 aliphatic rings. The molecule has 0 aliphatic carbocycles. The molecule has 0 saturated carbocycles. The molecule has 2 aromatic rings. The topological polar surface area (TPSA) is 32.7 Å². The highest BCUT2D eigenvalue weighted by Gasteiger charge is 2.15. The van der Waals surface area contributed by atoms with Gasteiger partial charge in [-0.25, -0.2) is 0 Å². The van der Waals surface area contributed by atoms with Gasteiger partial charge >= 0.3 is 0 Å². The minimum Gasteiger partial charge on any atom is -0.396 e. The molecule has 1 N–H and O–H groups in total. The van der Waals surface area contributed by atoms with Gasteiger partial charge in [-0.2, -0.15) is 0 Å². The Kier molecular flexibility index (Phi) is 4.86. The number of rotatable bonds is 5. The number of aliphatic hydroxyl groups excluding tert-OH is 1. The fourth-order valence-electron chi connectivity index (χ4n) is 2.99. The maximum atomic E-state index is 9.74. The Bertz CT molecular complexity index is 578. The molecular weight excluding hydrogens is 262 g/mol. The van der Waals surface area contributed by atoms with Crippen molar-refractivity contribution in [1.29, 1.82) is 0 Å². The van der Waals surface area contributed by atoms with Gasteiger partial charge in [0, 0.05) is 25.6 Å². The lowest BCUT2D eigenvalue weighted by Crippen LogP contribution is -2.37. The van der Waals surface area contributed by atoms with Gasteiger partial charge in [-0.15, -0.1) is 0 Å².